The lowest BCUT2D eigenvalue weighted by molar-refractivity contribution is -0.138. The van der Waals surface area contributed by atoms with Crippen LogP contribution in [0.25, 0.3) is 0 Å². The first-order chi connectivity index (χ1) is 9.63. The van der Waals surface area contributed by atoms with Crippen LogP contribution in [-0.2, 0) is 11.2 Å². The lowest BCUT2D eigenvalue weighted by Gasteiger charge is -2.16. The molecular weight excluding hydrogens is 322 g/mol. The molecule has 1 heterocycles. The monoisotopic (exact) mass is 335 g/mol. The molecule has 1 N–H and O–H groups in total. The summed E-state index contributed by atoms with van der Waals surface area (Å²) in [6.07, 6.45) is 3.56. The van der Waals surface area contributed by atoms with Crippen molar-refractivity contribution >= 4 is 21.9 Å². The zero-order valence-electron chi connectivity index (χ0n) is 10.9. The predicted octanol–water partition coefficient (Wildman–Crippen LogP) is 3.26. The first kappa shape index (κ1) is 14.5. The second-order valence-corrected chi connectivity index (χ2v) is 5.16. The van der Waals surface area contributed by atoms with Crippen LogP contribution in [0.5, 0.6) is 5.75 Å². The summed E-state index contributed by atoms with van der Waals surface area (Å²) in [5.41, 5.74) is 1.57. The van der Waals surface area contributed by atoms with Crippen molar-refractivity contribution in [3.05, 3.63) is 58.3 Å². The van der Waals surface area contributed by atoms with Crippen LogP contribution >= 0.6 is 15.9 Å². The van der Waals surface area contributed by atoms with E-state index in [1.807, 2.05) is 24.3 Å². The molecule has 2 rings (SSSR count). The Morgan fingerprint density at radius 3 is 2.80 bits per heavy atom. The fourth-order valence-corrected chi connectivity index (χ4v) is 2.62. The van der Waals surface area contributed by atoms with Crippen molar-refractivity contribution in [2.45, 2.75) is 12.3 Å². The molecule has 0 saturated carbocycles. The van der Waals surface area contributed by atoms with E-state index in [2.05, 4.69) is 20.9 Å². The summed E-state index contributed by atoms with van der Waals surface area (Å²) in [5, 5.41) is 9.49. The van der Waals surface area contributed by atoms with Crippen LogP contribution in [0, 0.1) is 0 Å². The number of aliphatic carboxylic acids is 1. The maximum atomic E-state index is 11.6. The Hall–Kier alpha value is -1.88. The molecule has 0 aliphatic carbocycles. The van der Waals surface area contributed by atoms with E-state index in [9.17, 15) is 9.90 Å². The van der Waals surface area contributed by atoms with Gasteiger partial charge in [0.05, 0.1) is 13.0 Å². The van der Waals surface area contributed by atoms with Crippen molar-refractivity contribution in [2.75, 3.05) is 7.11 Å². The number of carbonyl (C=O) groups is 1. The van der Waals surface area contributed by atoms with Crippen LogP contribution in [-0.4, -0.2) is 23.2 Å². The summed E-state index contributed by atoms with van der Waals surface area (Å²) in [4.78, 5) is 15.5. The number of carboxylic acid groups (broad SMARTS) is 1. The van der Waals surface area contributed by atoms with Gasteiger partial charge in [-0.2, -0.15) is 0 Å². The van der Waals surface area contributed by atoms with Gasteiger partial charge in [-0.1, -0.05) is 18.2 Å². The van der Waals surface area contributed by atoms with E-state index in [4.69, 9.17) is 4.74 Å². The van der Waals surface area contributed by atoms with Crippen LogP contribution in [0.4, 0.5) is 0 Å². The van der Waals surface area contributed by atoms with Gasteiger partial charge in [0, 0.05) is 16.9 Å². The molecule has 1 aromatic carbocycles. The summed E-state index contributed by atoms with van der Waals surface area (Å²) in [6, 6.07) is 9.16. The number of methoxy groups -OCH3 is 1. The number of aromatic nitrogens is 1. The number of ether oxygens (including phenoxy) is 1. The first-order valence-corrected chi connectivity index (χ1v) is 6.87. The molecule has 0 amide bonds. The highest BCUT2D eigenvalue weighted by atomic mass is 79.9. The molecule has 1 unspecified atom stereocenters. The normalized spacial score (nSPS) is 11.9. The molecule has 0 bridgehead atoms. The smallest absolute Gasteiger partial charge is 0.311 e. The zero-order valence-corrected chi connectivity index (χ0v) is 12.5. The molecule has 104 valence electrons. The molecule has 0 aliphatic heterocycles. The minimum Gasteiger partial charge on any atom is -0.496 e. The number of carboxylic acids is 1. The summed E-state index contributed by atoms with van der Waals surface area (Å²) < 4.78 is 5.97. The number of para-hydroxylation sites is 1. The predicted molar refractivity (Wildman–Crippen MR) is 79.0 cm³/mol. The molecule has 20 heavy (non-hydrogen) atoms. The highest BCUT2D eigenvalue weighted by molar-refractivity contribution is 9.10. The largest absolute Gasteiger partial charge is 0.496 e. The Balaban J connectivity index is 2.36. The number of benzene rings is 1. The molecule has 0 radical (unpaired) electrons. The van der Waals surface area contributed by atoms with Crippen LogP contribution in [0.1, 0.15) is 17.0 Å². The van der Waals surface area contributed by atoms with Gasteiger partial charge in [0.15, 0.2) is 0 Å². The highest BCUT2D eigenvalue weighted by Crippen LogP contribution is 2.30. The van der Waals surface area contributed by atoms with E-state index in [-0.39, 0.29) is 0 Å². The van der Waals surface area contributed by atoms with Gasteiger partial charge >= 0.3 is 5.97 Å². The number of halogens is 1. The molecular formula is C15H14BrNO3. The van der Waals surface area contributed by atoms with Gasteiger partial charge < -0.3 is 9.84 Å². The van der Waals surface area contributed by atoms with Gasteiger partial charge in [-0.3, -0.25) is 9.78 Å². The Morgan fingerprint density at radius 2 is 2.15 bits per heavy atom. The Bertz CT molecular complexity index is 616. The third kappa shape index (κ3) is 3.17. The summed E-state index contributed by atoms with van der Waals surface area (Å²) >= 11 is 3.36. The van der Waals surface area contributed by atoms with Gasteiger partial charge in [0.1, 0.15) is 5.75 Å². The van der Waals surface area contributed by atoms with Crippen molar-refractivity contribution < 1.29 is 14.6 Å². The van der Waals surface area contributed by atoms with Crippen LogP contribution in [0.15, 0.2) is 47.2 Å². The number of hydrogen-bond acceptors (Lipinski definition) is 3. The Kier molecular flexibility index (Phi) is 4.74. The molecule has 1 aromatic heterocycles. The maximum absolute atomic E-state index is 11.6. The van der Waals surface area contributed by atoms with E-state index < -0.39 is 11.9 Å². The third-order valence-corrected chi connectivity index (χ3v) is 3.76. The first-order valence-electron chi connectivity index (χ1n) is 6.07. The number of pyridine rings is 1. The van der Waals surface area contributed by atoms with Crippen molar-refractivity contribution in [1.29, 1.82) is 0 Å². The second-order valence-electron chi connectivity index (χ2n) is 4.30. The molecule has 0 fully saturated rings. The van der Waals surface area contributed by atoms with Gasteiger partial charge in [0.2, 0.25) is 0 Å². The van der Waals surface area contributed by atoms with Crippen LogP contribution in [0.3, 0.4) is 0 Å². The molecule has 0 saturated heterocycles. The van der Waals surface area contributed by atoms with E-state index >= 15 is 0 Å². The minimum atomic E-state index is -0.872. The van der Waals surface area contributed by atoms with Gasteiger partial charge in [-0.15, -0.1) is 0 Å². The minimum absolute atomic E-state index is 0.363. The lowest BCUT2D eigenvalue weighted by atomic mass is 9.92. The molecule has 4 nitrogen and oxygen atoms in total. The average molecular weight is 336 g/mol. The standard InChI is InChI=1S/C15H14BrNO3/c1-20-14-5-3-2-4-10(14)8-12(15(18)19)11-6-7-17-9-13(11)16/h2-7,9,12H,8H2,1H3,(H,18,19). The lowest BCUT2D eigenvalue weighted by Crippen LogP contribution is -2.15. The second kappa shape index (κ2) is 6.52. The summed E-state index contributed by atoms with van der Waals surface area (Å²) in [6.45, 7) is 0. The van der Waals surface area contributed by atoms with Crippen molar-refractivity contribution in [2.24, 2.45) is 0 Å². The number of hydrogen-bond donors (Lipinski definition) is 1. The molecule has 2 aromatic rings. The van der Waals surface area contributed by atoms with Crippen molar-refractivity contribution in [3.63, 3.8) is 0 Å². The quantitative estimate of drug-likeness (QED) is 0.910. The highest BCUT2D eigenvalue weighted by Gasteiger charge is 2.23. The van der Waals surface area contributed by atoms with Gasteiger partial charge in [-0.05, 0) is 45.6 Å². The van der Waals surface area contributed by atoms with E-state index in [1.54, 1.807) is 25.6 Å². The Labute approximate surface area is 125 Å². The summed E-state index contributed by atoms with van der Waals surface area (Å²) in [7, 11) is 1.58. The average Bonchev–Trinajstić information content (AvgIpc) is 2.46. The third-order valence-electron chi connectivity index (χ3n) is 3.09. The van der Waals surface area contributed by atoms with E-state index in [0.717, 1.165) is 5.56 Å². The fraction of sp³-hybridized carbons (Fsp3) is 0.200. The van der Waals surface area contributed by atoms with E-state index in [1.165, 1.54) is 0 Å². The van der Waals surface area contributed by atoms with Gasteiger partial charge in [0.25, 0.3) is 0 Å². The topological polar surface area (TPSA) is 59.4 Å². The molecule has 0 aliphatic rings. The number of nitrogens with zero attached hydrogens (tertiary/aromatic N) is 1. The van der Waals surface area contributed by atoms with Crippen LogP contribution < -0.4 is 4.74 Å². The fourth-order valence-electron chi connectivity index (χ4n) is 2.09. The molecule has 1 atom stereocenters. The zero-order chi connectivity index (χ0) is 14.5. The Morgan fingerprint density at radius 1 is 1.40 bits per heavy atom. The maximum Gasteiger partial charge on any atom is 0.311 e. The summed E-state index contributed by atoms with van der Waals surface area (Å²) in [5.74, 6) is -0.824. The van der Waals surface area contributed by atoms with E-state index in [0.29, 0.717) is 22.2 Å². The molecule has 5 heteroatoms. The van der Waals surface area contributed by atoms with Gasteiger partial charge in [-0.25, -0.2) is 0 Å². The SMILES string of the molecule is COc1ccccc1CC(C(=O)O)c1ccncc1Br. The van der Waals surface area contributed by atoms with Crippen LogP contribution in [0.2, 0.25) is 0 Å². The van der Waals surface area contributed by atoms with Crippen molar-refractivity contribution in [3.8, 4) is 5.75 Å². The molecule has 0 spiro atoms. The van der Waals surface area contributed by atoms with Crippen molar-refractivity contribution in [1.82, 2.24) is 4.98 Å². The number of rotatable bonds is 5.